The van der Waals surface area contributed by atoms with Crippen molar-refractivity contribution in [2.45, 2.75) is 33.3 Å². The Morgan fingerprint density at radius 2 is 2.00 bits per heavy atom. The van der Waals surface area contributed by atoms with Crippen LogP contribution in [-0.4, -0.2) is 49.4 Å². The number of aromatic nitrogens is 3. The van der Waals surface area contributed by atoms with Gasteiger partial charge in [-0.15, -0.1) is 0 Å². The summed E-state index contributed by atoms with van der Waals surface area (Å²) in [6.07, 6.45) is 4.94. The highest BCUT2D eigenvalue weighted by Crippen LogP contribution is 2.16. The minimum atomic E-state index is -0.930. The predicted octanol–water partition coefficient (Wildman–Crippen LogP) is 1.81. The summed E-state index contributed by atoms with van der Waals surface area (Å²) in [5.74, 6) is -0.123. The molecule has 2 rings (SSSR count). The summed E-state index contributed by atoms with van der Waals surface area (Å²) in [6, 6.07) is 3.67. The van der Waals surface area contributed by atoms with Crippen molar-refractivity contribution in [2.75, 3.05) is 13.1 Å². The van der Waals surface area contributed by atoms with E-state index in [1.54, 1.807) is 42.0 Å². The molecule has 0 aromatic carbocycles. The van der Waals surface area contributed by atoms with Crippen molar-refractivity contribution in [3.05, 3.63) is 42.0 Å². The molecule has 6 nitrogen and oxygen atoms in total. The van der Waals surface area contributed by atoms with Gasteiger partial charge in [0.05, 0.1) is 28.7 Å². The number of hydrogen-bond acceptors (Lipinski definition) is 4. The first-order valence-corrected chi connectivity index (χ1v) is 7.30. The number of hydrogen-bond donors (Lipinski definition) is 1. The zero-order valence-corrected chi connectivity index (χ0v) is 13.4. The van der Waals surface area contributed by atoms with Crippen molar-refractivity contribution in [2.24, 2.45) is 0 Å². The van der Waals surface area contributed by atoms with Crippen LogP contribution in [0.3, 0.4) is 0 Å². The predicted molar refractivity (Wildman–Crippen MR) is 84.0 cm³/mol. The first kappa shape index (κ1) is 16.2. The van der Waals surface area contributed by atoms with Gasteiger partial charge in [0.25, 0.3) is 5.91 Å². The topological polar surface area (TPSA) is 71.2 Å². The van der Waals surface area contributed by atoms with Crippen LogP contribution in [0.1, 0.15) is 36.8 Å². The number of amides is 1. The Kier molecular flexibility index (Phi) is 4.61. The maximum atomic E-state index is 12.7. The van der Waals surface area contributed by atoms with Crippen molar-refractivity contribution in [1.29, 1.82) is 0 Å². The normalized spacial score (nSPS) is 11.5. The van der Waals surface area contributed by atoms with E-state index in [4.69, 9.17) is 0 Å². The highest BCUT2D eigenvalue weighted by molar-refractivity contribution is 5.95. The Labute approximate surface area is 130 Å². The molecule has 22 heavy (non-hydrogen) atoms. The van der Waals surface area contributed by atoms with Crippen molar-refractivity contribution in [1.82, 2.24) is 19.7 Å². The van der Waals surface area contributed by atoms with Crippen LogP contribution in [0.2, 0.25) is 0 Å². The molecule has 0 aliphatic rings. The number of nitrogens with zero attached hydrogens (tertiary/aromatic N) is 4. The lowest BCUT2D eigenvalue weighted by molar-refractivity contribution is 0.0314. The Morgan fingerprint density at radius 1 is 1.36 bits per heavy atom. The van der Waals surface area contributed by atoms with E-state index in [9.17, 15) is 9.90 Å². The quantitative estimate of drug-likeness (QED) is 0.914. The van der Waals surface area contributed by atoms with Crippen molar-refractivity contribution in [3.63, 3.8) is 0 Å². The molecule has 0 radical (unpaired) electrons. The molecule has 2 aromatic heterocycles. The first-order valence-electron chi connectivity index (χ1n) is 7.30. The molecular weight excluding hydrogens is 280 g/mol. The highest BCUT2D eigenvalue weighted by Gasteiger charge is 2.25. The van der Waals surface area contributed by atoms with Gasteiger partial charge in [-0.1, -0.05) is 0 Å². The van der Waals surface area contributed by atoms with E-state index >= 15 is 0 Å². The molecule has 1 amide bonds. The summed E-state index contributed by atoms with van der Waals surface area (Å²) in [5, 5.41) is 14.2. The summed E-state index contributed by atoms with van der Waals surface area (Å²) in [4.78, 5) is 18.3. The van der Waals surface area contributed by atoms with Crippen molar-refractivity contribution < 1.29 is 9.90 Å². The second kappa shape index (κ2) is 6.27. The molecule has 2 heterocycles. The summed E-state index contributed by atoms with van der Waals surface area (Å²) in [6.45, 7) is 7.95. The third kappa shape index (κ3) is 3.51. The lowest BCUT2D eigenvalue weighted by atomic mass is 10.1. The molecule has 0 aliphatic carbocycles. The molecule has 0 spiro atoms. The number of pyridine rings is 1. The fraction of sp³-hybridized carbons (Fsp3) is 0.438. The van der Waals surface area contributed by atoms with Crippen molar-refractivity contribution in [3.8, 4) is 5.69 Å². The van der Waals surface area contributed by atoms with Gasteiger partial charge in [0.15, 0.2) is 0 Å². The van der Waals surface area contributed by atoms with Gasteiger partial charge in [0, 0.05) is 25.5 Å². The van der Waals surface area contributed by atoms with Gasteiger partial charge in [-0.05, 0) is 39.8 Å². The van der Waals surface area contributed by atoms with Crippen LogP contribution < -0.4 is 0 Å². The SMILES string of the molecule is CCN(CC(C)(C)O)C(=O)c1cnn(-c2ccncc2)c1C. The van der Waals surface area contributed by atoms with Crippen LogP contribution in [0.4, 0.5) is 0 Å². The smallest absolute Gasteiger partial charge is 0.257 e. The van der Waals surface area contributed by atoms with Gasteiger partial charge in [0.2, 0.25) is 0 Å². The molecule has 0 saturated carbocycles. The summed E-state index contributed by atoms with van der Waals surface area (Å²) in [5.41, 5.74) is 1.24. The van der Waals surface area contributed by atoms with E-state index < -0.39 is 5.60 Å². The summed E-state index contributed by atoms with van der Waals surface area (Å²) >= 11 is 0. The largest absolute Gasteiger partial charge is 0.389 e. The molecule has 118 valence electrons. The second-order valence-electron chi connectivity index (χ2n) is 5.89. The van der Waals surface area contributed by atoms with Crippen LogP contribution in [0.15, 0.2) is 30.7 Å². The maximum Gasteiger partial charge on any atom is 0.257 e. The molecule has 2 aromatic rings. The average molecular weight is 302 g/mol. The number of rotatable bonds is 5. The monoisotopic (exact) mass is 302 g/mol. The van der Waals surface area contributed by atoms with Gasteiger partial charge >= 0.3 is 0 Å². The van der Waals surface area contributed by atoms with Gasteiger partial charge in [0.1, 0.15) is 0 Å². The van der Waals surface area contributed by atoms with Gasteiger partial charge in [-0.25, -0.2) is 4.68 Å². The van der Waals surface area contributed by atoms with E-state index in [1.807, 2.05) is 26.0 Å². The molecule has 0 atom stereocenters. The molecule has 0 fully saturated rings. The van der Waals surface area contributed by atoms with Crippen LogP contribution in [0.25, 0.3) is 5.69 Å². The minimum absolute atomic E-state index is 0.123. The first-order chi connectivity index (χ1) is 10.3. The number of carbonyl (C=O) groups excluding carboxylic acids is 1. The lowest BCUT2D eigenvalue weighted by Crippen LogP contribution is -2.42. The van der Waals surface area contributed by atoms with E-state index in [0.29, 0.717) is 12.1 Å². The molecular formula is C16H22N4O2. The zero-order chi connectivity index (χ0) is 16.3. The van der Waals surface area contributed by atoms with Crippen LogP contribution in [-0.2, 0) is 0 Å². The molecule has 0 saturated heterocycles. The van der Waals surface area contributed by atoms with E-state index in [1.165, 1.54) is 0 Å². The van der Waals surface area contributed by atoms with Crippen LogP contribution >= 0.6 is 0 Å². The van der Waals surface area contributed by atoms with E-state index in [2.05, 4.69) is 10.1 Å². The van der Waals surface area contributed by atoms with E-state index in [0.717, 1.165) is 11.4 Å². The standard InChI is InChI=1S/C16H22N4O2/c1-5-19(11-16(3,4)22)15(21)14-10-18-20(12(14)2)13-6-8-17-9-7-13/h6-10,22H,5,11H2,1-4H3. The molecule has 1 N–H and O–H groups in total. The molecule has 0 aliphatic heterocycles. The third-order valence-corrected chi connectivity index (χ3v) is 3.39. The van der Waals surface area contributed by atoms with Gasteiger partial charge < -0.3 is 10.0 Å². The Bertz CT molecular complexity index is 644. The molecule has 0 unspecified atom stereocenters. The van der Waals surface area contributed by atoms with E-state index in [-0.39, 0.29) is 12.5 Å². The average Bonchev–Trinajstić information content (AvgIpc) is 2.85. The number of aliphatic hydroxyl groups is 1. The van der Waals surface area contributed by atoms with Crippen LogP contribution in [0, 0.1) is 6.92 Å². The Hall–Kier alpha value is -2.21. The molecule has 0 bridgehead atoms. The minimum Gasteiger partial charge on any atom is -0.389 e. The van der Waals surface area contributed by atoms with Gasteiger partial charge in [-0.2, -0.15) is 5.10 Å². The highest BCUT2D eigenvalue weighted by atomic mass is 16.3. The van der Waals surface area contributed by atoms with Crippen LogP contribution in [0.5, 0.6) is 0 Å². The number of carbonyl (C=O) groups is 1. The fourth-order valence-electron chi connectivity index (χ4n) is 2.33. The number of likely N-dealkylation sites (N-methyl/N-ethyl adjacent to an activating group) is 1. The summed E-state index contributed by atoms with van der Waals surface area (Å²) in [7, 11) is 0. The Balaban J connectivity index is 2.30. The third-order valence-electron chi connectivity index (χ3n) is 3.39. The lowest BCUT2D eigenvalue weighted by Gasteiger charge is -2.28. The fourth-order valence-corrected chi connectivity index (χ4v) is 2.33. The molecule has 6 heteroatoms. The maximum absolute atomic E-state index is 12.7. The summed E-state index contributed by atoms with van der Waals surface area (Å²) < 4.78 is 1.72. The zero-order valence-electron chi connectivity index (χ0n) is 13.4. The van der Waals surface area contributed by atoms with Crippen molar-refractivity contribution >= 4 is 5.91 Å². The van der Waals surface area contributed by atoms with Gasteiger partial charge in [-0.3, -0.25) is 9.78 Å². The second-order valence-corrected chi connectivity index (χ2v) is 5.89. The Morgan fingerprint density at radius 3 is 2.55 bits per heavy atom.